The Hall–Kier alpha value is -6.42. The molecule has 13 nitrogen and oxygen atoms in total. The van der Waals surface area contributed by atoms with Crippen LogP contribution < -0.4 is 19.7 Å². The van der Waals surface area contributed by atoms with Gasteiger partial charge in [0.15, 0.2) is 0 Å². The van der Waals surface area contributed by atoms with Crippen LogP contribution in [0.2, 0.25) is 0 Å². The molecular weight excluding hydrogens is 735 g/mol. The monoisotopic (exact) mass is 775 g/mol. The first-order valence-electron chi connectivity index (χ1n) is 17.4. The second-order valence-electron chi connectivity index (χ2n) is 12.9. The Morgan fingerprint density at radius 3 is 2.11 bits per heavy atom. The SMILES string of the molecule is COc1ccc(CCNC2CCN(C(=O)c3cc4cc(Oc5ccc(N(C)C(=O)c6ccc(C(F)(F)F)cc6)cn5)ccc4n3C)CC2)cc1.O=C(O)C(=O)O. The number of piperidine rings is 1. The van der Waals surface area contributed by atoms with Crippen molar-refractivity contribution in [3.8, 4) is 17.4 Å². The quantitative estimate of drug-likeness (QED) is 0.138. The summed E-state index contributed by atoms with van der Waals surface area (Å²) in [7, 11) is 5.06. The highest BCUT2D eigenvalue weighted by Crippen LogP contribution is 2.31. The molecule has 2 aromatic heterocycles. The number of carboxylic acid groups (broad SMARTS) is 2. The van der Waals surface area contributed by atoms with Crippen molar-refractivity contribution in [1.29, 1.82) is 0 Å². The highest BCUT2D eigenvalue weighted by Gasteiger charge is 2.30. The van der Waals surface area contributed by atoms with E-state index in [2.05, 4.69) is 22.4 Å². The number of halogens is 3. The average Bonchev–Trinajstić information content (AvgIpc) is 3.52. The number of anilines is 1. The molecule has 1 fully saturated rings. The van der Waals surface area contributed by atoms with Gasteiger partial charge in [0.05, 0.1) is 24.6 Å². The molecule has 0 unspecified atom stereocenters. The van der Waals surface area contributed by atoms with Crippen LogP contribution in [-0.2, 0) is 29.2 Å². The largest absolute Gasteiger partial charge is 0.497 e. The van der Waals surface area contributed by atoms with Crippen LogP contribution in [-0.4, -0.2) is 88.3 Å². The maximum Gasteiger partial charge on any atom is 0.416 e. The second-order valence-corrected chi connectivity index (χ2v) is 12.9. The van der Waals surface area contributed by atoms with Gasteiger partial charge in [0.25, 0.3) is 11.8 Å². The maximum absolute atomic E-state index is 13.6. The van der Waals surface area contributed by atoms with E-state index in [0.717, 1.165) is 66.7 Å². The number of pyridine rings is 1. The van der Waals surface area contributed by atoms with Gasteiger partial charge in [-0.1, -0.05) is 12.1 Å². The first-order valence-corrected chi connectivity index (χ1v) is 17.4. The standard InChI is InChI=1S/C38H38F3N5O4.C2H2O4/c1-44(36(47)26-6-8-28(9-7-26)38(39,40)41)30-10-15-35(43-24-30)50-32-13-14-33-27(22-32)23-34(45(33)2)37(48)46-20-17-29(18-21-46)42-19-16-25-4-11-31(49-3)12-5-25;3-1(4)2(5)6/h4-15,22-24,29,42H,16-21H2,1-3H3;(H,3,4)(H,5,6). The van der Waals surface area contributed by atoms with Crippen LogP contribution in [0.3, 0.4) is 0 Å². The van der Waals surface area contributed by atoms with E-state index in [1.165, 1.54) is 23.7 Å². The Balaban J connectivity index is 0.000000927. The smallest absolute Gasteiger partial charge is 0.416 e. The van der Waals surface area contributed by atoms with Gasteiger partial charge in [-0.15, -0.1) is 0 Å². The molecule has 3 heterocycles. The number of aliphatic carboxylic acids is 2. The number of carbonyl (C=O) groups excluding carboxylic acids is 2. The van der Waals surface area contributed by atoms with E-state index in [1.807, 2.05) is 46.8 Å². The van der Waals surface area contributed by atoms with Gasteiger partial charge < -0.3 is 39.4 Å². The lowest BCUT2D eigenvalue weighted by Crippen LogP contribution is -2.45. The number of hydrogen-bond donors (Lipinski definition) is 3. The van der Waals surface area contributed by atoms with Crippen molar-refractivity contribution in [3.63, 3.8) is 0 Å². The number of aryl methyl sites for hydroxylation is 1. The fourth-order valence-electron chi connectivity index (χ4n) is 6.12. The van der Waals surface area contributed by atoms with Crippen molar-refractivity contribution >= 4 is 40.3 Å². The second kappa shape index (κ2) is 17.8. The molecule has 0 aliphatic carbocycles. The minimum atomic E-state index is -4.48. The summed E-state index contributed by atoms with van der Waals surface area (Å²) in [6.45, 7) is 2.24. The summed E-state index contributed by atoms with van der Waals surface area (Å²) in [4.78, 5) is 52.1. The third-order valence-electron chi connectivity index (χ3n) is 9.30. The van der Waals surface area contributed by atoms with Gasteiger partial charge in [0.2, 0.25) is 5.88 Å². The Labute approximate surface area is 319 Å². The summed E-state index contributed by atoms with van der Waals surface area (Å²) in [5, 5.41) is 19.3. The van der Waals surface area contributed by atoms with Crippen LogP contribution in [0.15, 0.2) is 91.1 Å². The summed E-state index contributed by atoms with van der Waals surface area (Å²) in [6, 6.07) is 23.2. The predicted octanol–water partition coefficient (Wildman–Crippen LogP) is 6.26. The molecule has 0 atom stereocenters. The first-order chi connectivity index (χ1) is 26.6. The van der Waals surface area contributed by atoms with Crippen molar-refractivity contribution in [2.75, 3.05) is 38.7 Å². The van der Waals surface area contributed by atoms with Crippen LogP contribution in [0.4, 0.5) is 18.9 Å². The third-order valence-corrected chi connectivity index (χ3v) is 9.30. The Morgan fingerprint density at radius 1 is 0.893 bits per heavy atom. The zero-order valence-corrected chi connectivity index (χ0v) is 30.7. The Morgan fingerprint density at radius 2 is 1.54 bits per heavy atom. The van der Waals surface area contributed by atoms with E-state index < -0.39 is 29.6 Å². The number of rotatable bonds is 10. The molecule has 3 aromatic carbocycles. The lowest BCUT2D eigenvalue weighted by Gasteiger charge is -2.32. The van der Waals surface area contributed by atoms with Crippen LogP contribution in [0.25, 0.3) is 10.9 Å². The van der Waals surface area contributed by atoms with Crippen molar-refractivity contribution in [1.82, 2.24) is 19.8 Å². The fourth-order valence-corrected chi connectivity index (χ4v) is 6.12. The molecule has 0 radical (unpaired) electrons. The molecule has 0 bridgehead atoms. The highest BCUT2D eigenvalue weighted by atomic mass is 19.4. The number of hydrogen-bond acceptors (Lipinski definition) is 8. The number of alkyl halides is 3. The van der Waals surface area contributed by atoms with Crippen LogP contribution in [0.5, 0.6) is 17.4 Å². The number of aromatic nitrogens is 2. The summed E-state index contributed by atoms with van der Waals surface area (Å²) >= 11 is 0. The number of carboxylic acids is 2. The molecule has 5 aromatic rings. The van der Waals surface area contributed by atoms with E-state index in [1.54, 1.807) is 25.3 Å². The number of fused-ring (bicyclic) bond motifs is 1. The topological polar surface area (TPSA) is 164 Å². The summed E-state index contributed by atoms with van der Waals surface area (Å²) < 4.78 is 51.8. The van der Waals surface area contributed by atoms with E-state index in [9.17, 15) is 22.8 Å². The average molecular weight is 776 g/mol. The summed E-state index contributed by atoms with van der Waals surface area (Å²) in [5.41, 5.74) is 2.49. The molecular formula is C40H40F3N5O8. The summed E-state index contributed by atoms with van der Waals surface area (Å²) in [6.07, 6.45) is -0.316. The molecule has 1 aliphatic rings. The van der Waals surface area contributed by atoms with Crippen LogP contribution >= 0.6 is 0 Å². The maximum atomic E-state index is 13.6. The molecule has 56 heavy (non-hydrogen) atoms. The number of nitrogens with zero attached hydrogens (tertiary/aromatic N) is 4. The third kappa shape index (κ3) is 10.2. The number of nitrogens with one attached hydrogen (secondary N) is 1. The molecule has 16 heteroatoms. The van der Waals surface area contributed by atoms with E-state index in [0.29, 0.717) is 36.3 Å². The number of benzene rings is 3. The summed E-state index contributed by atoms with van der Waals surface area (Å²) in [5.74, 6) is -2.46. The molecule has 3 N–H and O–H groups in total. The number of ether oxygens (including phenoxy) is 2. The van der Waals surface area contributed by atoms with E-state index >= 15 is 0 Å². The molecule has 1 aliphatic heterocycles. The highest BCUT2D eigenvalue weighted by molar-refractivity contribution is 6.27. The van der Waals surface area contributed by atoms with Crippen molar-refractivity contribution in [2.24, 2.45) is 7.05 Å². The molecule has 6 rings (SSSR count). The number of amides is 2. The molecule has 294 valence electrons. The zero-order valence-electron chi connectivity index (χ0n) is 30.7. The van der Waals surface area contributed by atoms with Gasteiger partial charge in [0.1, 0.15) is 17.2 Å². The fraction of sp³-hybridized carbons (Fsp3) is 0.275. The normalized spacial score (nSPS) is 13.1. The number of carbonyl (C=O) groups is 4. The van der Waals surface area contributed by atoms with E-state index in [-0.39, 0.29) is 17.4 Å². The van der Waals surface area contributed by atoms with Gasteiger partial charge >= 0.3 is 18.1 Å². The van der Waals surface area contributed by atoms with E-state index in [4.69, 9.17) is 29.3 Å². The Bertz CT molecular complexity index is 2150. The molecule has 2 amide bonds. The van der Waals surface area contributed by atoms with Gasteiger partial charge in [0, 0.05) is 55.8 Å². The molecule has 1 saturated heterocycles. The van der Waals surface area contributed by atoms with Crippen LogP contribution in [0.1, 0.15) is 44.8 Å². The Kier molecular flexibility index (Phi) is 13.0. The predicted molar refractivity (Wildman–Crippen MR) is 200 cm³/mol. The van der Waals surface area contributed by atoms with Crippen molar-refractivity contribution in [2.45, 2.75) is 31.5 Å². The van der Waals surface area contributed by atoms with Gasteiger partial charge in [-0.2, -0.15) is 13.2 Å². The molecule has 0 spiro atoms. The lowest BCUT2D eigenvalue weighted by atomic mass is 10.0. The zero-order chi connectivity index (χ0) is 40.6. The first kappa shape index (κ1) is 40.8. The van der Waals surface area contributed by atoms with Gasteiger partial charge in [-0.3, -0.25) is 9.59 Å². The van der Waals surface area contributed by atoms with Crippen LogP contribution in [0, 0.1) is 0 Å². The minimum Gasteiger partial charge on any atom is -0.497 e. The molecule has 0 saturated carbocycles. The van der Waals surface area contributed by atoms with Crippen molar-refractivity contribution in [3.05, 3.63) is 114 Å². The van der Waals surface area contributed by atoms with Gasteiger partial charge in [-0.25, -0.2) is 14.6 Å². The van der Waals surface area contributed by atoms with Gasteiger partial charge in [-0.05, 0) is 98.1 Å². The lowest BCUT2D eigenvalue weighted by molar-refractivity contribution is -0.159. The number of likely N-dealkylation sites (tertiary alicyclic amines) is 1. The minimum absolute atomic E-state index is 0.00457. The van der Waals surface area contributed by atoms with Crippen molar-refractivity contribution < 1.29 is 52.0 Å². The number of methoxy groups -OCH3 is 1.